The van der Waals surface area contributed by atoms with Gasteiger partial charge < -0.3 is 4.90 Å². The molecule has 0 N–H and O–H groups in total. The van der Waals surface area contributed by atoms with Crippen molar-refractivity contribution >= 4 is 15.9 Å². The van der Waals surface area contributed by atoms with Gasteiger partial charge >= 0.3 is 0 Å². The van der Waals surface area contributed by atoms with E-state index >= 15 is 0 Å². The summed E-state index contributed by atoms with van der Waals surface area (Å²) in [6.45, 7) is 3.57. The van der Waals surface area contributed by atoms with Gasteiger partial charge in [-0.05, 0) is 43.9 Å². The molecule has 2 aliphatic rings. The van der Waals surface area contributed by atoms with Crippen LogP contribution in [0.3, 0.4) is 0 Å². The van der Waals surface area contributed by atoms with Crippen LogP contribution in [0.5, 0.6) is 0 Å². The first-order valence-corrected chi connectivity index (χ1v) is 9.93. The van der Waals surface area contributed by atoms with Crippen LogP contribution in [0.1, 0.15) is 24.8 Å². The number of aryl methyl sites for hydroxylation is 1. The molecular weight excluding hydrogens is 324 g/mol. The number of sulfonamides is 1. The maximum absolute atomic E-state index is 12.7. The Bertz CT molecular complexity index is 734. The first kappa shape index (κ1) is 17.2. The Kier molecular flexibility index (Phi) is 5.06. The molecule has 6 heteroatoms. The SMILES string of the molecule is Cc1cccc(S(=O)(=O)N2CCN(C(=O)C3CC=CCC3)CC2)c1. The molecule has 1 fully saturated rings. The molecule has 0 bridgehead atoms. The Morgan fingerprint density at radius 1 is 1.12 bits per heavy atom. The van der Waals surface area contributed by atoms with Crippen molar-refractivity contribution in [3.63, 3.8) is 0 Å². The van der Waals surface area contributed by atoms with E-state index < -0.39 is 10.0 Å². The number of benzene rings is 1. The maximum Gasteiger partial charge on any atom is 0.243 e. The second kappa shape index (κ2) is 7.07. The minimum atomic E-state index is -3.47. The van der Waals surface area contributed by atoms with E-state index in [2.05, 4.69) is 12.2 Å². The monoisotopic (exact) mass is 348 g/mol. The molecule has 1 amide bonds. The predicted octanol–water partition coefficient (Wildman–Crippen LogP) is 2.18. The quantitative estimate of drug-likeness (QED) is 0.787. The van der Waals surface area contributed by atoms with Gasteiger partial charge in [-0.15, -0.1) is 0 Å². The molecule has 130 valence electrons. The largest absolute Gasteiger partial charge is 0.340 e. The van der Waals surface area contributed by atoms with Crippen molar-refractivity contribution in [3.05, 3.63) is 42.0 Å². The van der Waals surface area contributed by atoms with E-state index in [1.807, 2.05) is 17.9 Å². The molecule has 0 radical (unpaired) electrons. The average molecular weight is 348 g/mol. The third kappa shape index (κ3) is 3.54. The van der Waals surface area contributed by atoms with Crippen LogP contribution < -0.4 is 0 Å². The number of rotatable bonds is 3. The maximum atomic E-state index is 12.7. The zero-order valence-corrected chi connectivity index (χ0v) is 14.8. The lowest BCUT2D eigenvalue weighted by atomic mass is 9.93. The summed E-state index contributed by atoms with van der Waals surface area (Å²) < 4.78 is 27.0. The second-order valence-corrected chi connectivity index (χ2v) is 8.47. The van der Waals surface area contributed by atoms with E-state index in [9.17, 15) is 13.2 Å². The molecule has 3 rings (SSSR count). The first-order chi connectivity index (χ1) is 11.5. The Balaban J connectivity index is 1.64. The Morgan fingerprint density at radius 3 is 2.50 bits per heavy atom. The highest BCUT2D eigenvalue weighted by atomic mass is 32.2. The Labute approximate surface area is 144 Å². The van der Waals surface area contributed by atoms with Crippen LogP contribution in [-0.4, -0.2) is 49.7 Å². The third-order valence-electron chi connectivity index (χ3n) is 4.80. The van der Waals surface area contributed by atoms with Gasteiger partial charge in [-0.3, -0.25) is 4.79 Å². The minimum Gasteiger partial charge on any atom is -0.340 e. The van der Waals surface area contributed by atoms with Crippen LogP contribution >= 0.6 is 0 Å². The van der Waals surface area contributed by atoms with Gasteiger partial charge in [0.25, 0.3) is 0 Å². The van der Waals surface area contributed by atoms with E-state index in [1.165, 1.54) is 4.31 Å². The Hall–Kier alpha value is -1.66. The lowest BCUT2D eigenvalue weighted by Crippen LogP contribution is -2.51. The smallest absolute Gasteiger partial charge is 0.243 e. The predicted molar refractivity (Wildman–Crippen MR) is 93.0 cm³/mol. The molecule has 1 atom stereocenters. The number of carbonyl (C=O) groups excluding carboxylic acids is 1. The normalized spacial score (nSPS) is 22.5. The summed E-state index contributed by atoms with van der Waals surface area (Å²) in [5.74, 6) is 0.238. The number of carbonyl (C=O) groups is 1. The summed E-state index contributed by atoms with van der Waals surface area (Å²) in [7, 11) is -3.47. The van der Waals surface area contributed by atoms with Crippen molar-refractivity contribution in [1.82, 2.24) is 9.21 Å². The molecule has 0 spiro atoms. The topological polar surface area (TPSA) is 57.7 Å². The van der Waals surface area contributed by atoms with Gasteiger partial charge in [0.15, 0.2) is 0 Å². The van der Waals surface area contributed by atoms with Gasteiger partial charge in [0.1, 0.15) is 0 Å². The van der Waals surface area contributed by atoms with Crippen molar-refractivity contribution in [2.24, 2.45) is 5.92 Å². The summed E-state index contributed by atoms with van der Waals surface area (Å²) >= 11 is 0. The van der Waals surface area contributed by atoms with E-state index in [0.29, 0.717) is 31.1 Å². The van der Waals surface area contributed by atoms with Crippen molar-refractivity contribution in [2.75, 3.05) is 26.2 Å². The molecule has 0 aromatic heterocycles. The van der Waals surface area contributed by atoms with Crippen molar-refractivity contribution < 1.29 is 13.2 Å². The number of allylic oxidation sites excluding steroid dienone is 2. The summed E-state index contributed by atoms with van der Waals surface area (Å²) in [5, 5.41) is 0. The lowest BCUT2D eigenvalue weighted by Gasteiger charge is -2.36. The van der Waals surface area contributed by atoms with Crippen LogP contribution in [0.25, 0.3) is 0 Å². The van der Waals surface area contributed by atoms with Crippen molar-refractivity contribution in [2.45, 2.75) is 31.1 Å². The van der Waals surface area contributed by atoms with Crippen molar-refractivity contribution in [1.29, 1.82) is 0 Å². The standard InChI is InChI=1S/C18H24N2O3S/c1-15-6-5-9-17(14-15)24(22,23)20-12-10-19(11-13-20)18(21)16-7-3-2-4-8-16/h2-3,5-6,9,14,16H,4,7-8,10-13H2,1H3. The van der Waals surface area contributed by atoms with E-state index in [-0.39, 0.29) is 11.8 Å². The molecule has 1 heterocycles. The van der Waals surface area contributed by atoms with Gasteiger partial charge in [0, 0.05) is 32.1 Å². The zero-order valence-electron chi connectivity index (χ0n) is 14.0. The van der Waals surface area contributed by atoms with Gasteiger partial charge in [-0.2, -0.15) is 4.31 Å². The highest BCUT2D eigenvalue weighted by Crippen LogP contribution is 2.23. The average Bonchev–Trinajstić information content (AvgIpc) is 2.62. The Morgan fingerprint density at radius 2 is 1.88 bits per heavy atom. The summed E-state index contributed by atoms with van der Waals surface area (Å²) in [6.07, 6.45) is 6.86. The summed E-state index contributed by atoms with van der Waals surface area (Å²) in [4.78, 5) is 14.7. The molecule has 1 unspecified atom stereocenters. The number of amides is 1. The molecule has 5 nitrogen and oxygen atoms in total. The third-order valence-corrected chi connectivity index (χ3v) is 6.69. The molecule has 0 saturated carbocycles. The molecule has 1 aliphatic heterocycles. The molecule has 1 aliphatic carbocycles. The van der Waals surface area contributed by atoms with Crippen LogP contribution in [0.2, 0.25) is 0 Å². The van der Waals surface area contributed by atoms with E-state index in [1.54, 1.807) is 18.2 Å². The van der Waals surface area contributed by atoms with Crippen LogP contribution in [-0.2, 0) is 14.8 Å². The highest BCUT2D eigenvalue weighted by Gasteiger charge is 2.32. The lowest BCUT2D eigenvalue weighted by molar-refractivity contribution is -0.137. The van der Waals surface area contributed by atoms with Crippen LogP contribution in [0, 0.1) is 12.8 Å². The summed E-state index contributed by atoms with van der Waals surface area (Å²) in [5.41, 5.74) is 0.926. The minimum absolute atomic E-state index is 0.0648. The second-order valence-electron chi connectivity index (χ2n) is 6.53. The highest BCUT2D eigenvalue weighted by molar-refractivity contribution is 7.89. The zero-order chi connectivity index (χ0) is 17.2. The number of nitrogens with zero attached hydrogens (tertiary/aromatic N) is 2. The van der Waals surface area contributed by atoms with Gasteiger partial charge in [-0.1, -0.05) is 24.3 Å². The van der Waals surface area contributed by atoms with E-state index in [0.717, 1.165) is 24.8 Å². The van der Waals surface area contributed by atoms with Crippen molar-refractivity contribution in [3.8, 4) is 0 Å². The first-order valence-electron chi connectivity index (χ1n) is 8.49. The van der Waals surface area contributed by atoms with Gasteiger partial charge in [0.05, 0.1) is 4.90 Å². The molecular formula is C18H24N2O3S. The van der Waals surface area contributed by atoms with Crippen LogP contribution in [0.4, 0.5) is 0 Å². The fourth-order valence-corrected chi connectivity index (χ4v) is 4.88. The van der Waals surface area contributed by atoms with E-state index in [4.69, 9.17) is 0 Å². The molecule has 1 aromatic rings. The molecule has 24 heavy (non-hydrogen) atoms. The molecule has 1 aromatic carbocycles. The summed E-state index contributed by atoms with van der Waals surface area (Å²) in [6, 6.07) is 6.97. The fourth-order valence-electron chi connectivity index (χ4n) is 3.35. The van der Waals surface area contributed by atoms with Gasteiger partial charge in [0.2, 0.25) is 15.9 Å². The number of hydrogen-bond acceptors (Lipinski definition) is 3. The fraction of sp³-hybridized carbons (Fsp3) is 0.500. The number of piperazine rings is 1. The van der Waals surface area contributed by atoms with Crippen LogP contribution in [0.15, 0.2) is 41.3 Å². The number of hydrogen-bond donors (Lipinski definition) is 0. The van der Waals surface area contributed by atoms with Gasteiger partial charge in [-0.25, -0.2) is 8.42 Å². The molecule has 1 saturated heterocycles.